The van der Waals surface area contributed by atoms with Crippen molar-refractivity contribution in [1.29, 1.82) is 0 Å². The van der Waals surface area contributed by atoms with E-state index in [-0.39, 0.29) is 16.6 Å². The first-order valence-corrected chi connectivity index (χ1v) is 5.61. The lowest BCUT2D eigenvalue weighted by atomic mass is 10.2. The molecule has 1 aromatic carbocycles. The Hall–Kier alpha value is -2.01. The highest BCUT2D eigenvalue weighted by Gasteiger charge is 2.09. The van der Waals surface area contributed by atoms with Crippen molar-refractivity contribution in [2.45, 2.75) is 6.42 Å². The van der Waals surface area contributed by atoms with Crippen LogP contribution in [-0.2, 0) is 0 Å². The summed E-state index contributed by atoms with van der Waals surface area (Å²) in [5, 5.41) is 14.0. The summed E-state index contributed by atoms with van der Waals surface area (Å²) in [6, 6.07) is 3.82. The van der Waals surface area contributed by atoms with Crippen molar-refractivity contribution in [3.05, 3.63) is 41.4 Å². The Bertz CT molecular complexity index is 474. The number of carbonyl (C=O) groups excluding carboxylic acids is 1. The summed E-state index contributed by atoms with van der Waals surface area (Å²) in [5.41, 5.74) is 0.426. The number of aromatic carboxylic acids is 1. The molecule has 0 saturated carbocycles. The molecule has 1 rings (SSSR count). The van der Waals surface area contributed by atoms with Gasteiger partial charge in [0, 0.05) is 12.2 Å². The molecule has 6 heteroatoms. The van der Waals surface area contributed by atoms with Gasteiger partial charge in [0.1, 0.15) is 0 Å². The second kappa shape index (κ2) is 6.66. The highest BCUT2D eigenvalue weighted by molar-refractivity contribution is 6.33. The molecule has 0 unspecified atom stereocenters. The van der Waals surface area contributed by atoms with E-state index in [2.05, 4.69) is 17.2 Å². The van der Waals surface area contributed by atoms with Gasteiger partial charge in [0.25, 0.3) is 0 Å². The van der Waals surface area contributed by atoms with Gasteiger partial charge in [-0.25, -0.2) is 9.59 Å². The molecule has 18 heavy (non-hydrogen) atoms. The van der Waals surface area contributed by atoms with Crippen molar-refractivity contribution in [1.82, 2.24) is 5.32 Å². The van der Waals surface area contributed by atoms with E-state index in [0.717, 1.165) is 0 Å². The third-order valence-corrected chi connectivity index (χ3v) is 2.40. The SMILES string of the molecule is C=CCCNC(=O)Nc1ccc(C(=O)O)c(Cl)c1. The summed E-state index contributed by atoms with van der Waals surface area (Å²) in [6.07, 6.45) is 2.37. The second-order valence-corrected chi connectivity index (χ2v) is 3.87. The van der Waals surface area contributed by atoms with Crippen LogP contribution in [0.15, 0.2) is 30.9 Å². The number of halogens is 1. The molecule has 0 fully saturated rings. The molecule has 0 aliphatic heterocycles. The zero-order valence-electron chi connectivity index (χ0n) is 9.57. The molecule has 96 valence electrons. The fourth-order valence-corrected chi connectivity index (χ4v) is 1.49. The minimum atomic E-state index is -1.11. The molecule has 0 bridgehead atoms. The monoisotopic (exact) mass is 268 g/mol. The Balaban J connectivity index is 2.63. The van der Waals surface area contributed by atoms with Crippen LogP contribution < -0.4 is 10.6 Å². The van der Waals surface area contributed by atoms with Crippen LogP contribution in [0.4, 0.5) is 10.5 Å². The van der Waals surface area contributed by atoms with Gasteiger partial charge in [0.05, 0.1) is 10.6 Å². The predicted molar refractivity (Wildman–Crippen MR) is 70.2 cm³/mol. The van der Waals surface area contributed by atoms with Crippen molar-refractivity contribution < 1.29 is 14.7 Å². The first-order valence-electron chi connectivity index (χ1n) is 5.23. The van der Waals surface area contributed by atoms with Crippen LogP contribution >= 0.6 is 11.6 Å². The van der Waals surface area contributed by atoms with E-state index in [0.29, 0.717) is 18.7 Å². The number of benzene rings is 1. The summed E-state index contributed by atoms with van der Waals surface area (Å²) in [4.78, 5) is 22.1. The molecular weight excluding hydrogens is 256 g/mol. The molecule has 0 aliphatic rings. The Labute approximate surface area is 109 Å². The minimum absolute atomic E-state index is 0.00529. The second-order valence-electron chi connectivity index (χ2n) is 3.46. The van der Waals surface area contributed by atoms with Crippen molar-refractivity contribution in [3.8, 4) is 0 Å². The van der Waals surface area contributed by atoms with Gasteiger partial charge in [-0.05, 0) is 24.6 Å². The molecule has 0 aliphatic carbocycles. The molecule has 3 N–H and O–H groups in total. The number of carboxylic acids is 1. The highest BCUT2D eigenvalue weighted by Crippen LogP contribution is 2.20. The van der Waals surface area contributed by atoms with E-state index < -0.39 is 5.97 Å². The average Bonchev–Trinajstić information content (AvgIpc) is 2.28. The number of hydrogen-bond donors (Lipinski definition) is 3. The number of rotatable bonds is 5. The summed E-state index contributed by atoms with van der Waals surface area (Å²) in [6.45, 7) is 4.02. The molecular formula is C12H13ClN2O3. The number of hydrogen-bond acceptors (Lipinski definition) is 2. The first kappa shape index (κ1) is 14.1. The normalized spacial score (nSPS) is 9.61. The van der Waals surface area contributed by atoms with Gasteiger partial charge in [-0.3, -0.25) is 0 Å². The van der Waals surface area contributed by atoms with Gasteiger partial charge >= 0.3 is 12.0 Å². The van der Waals surface area contributed by atoms with Gasteiger partial charge in [-0.15, -0.1) is 6.58 Å². The lowest BCUT2D eigenvalue weighted by Crippen LogP contribution is -2.29. The highest BCUT2D eigenvalue weighted by atomic mass is 35.5. The molecule has 0 saturated heterocycles. The lowest BCUT2D eigenvalue weighted by Gasteiger charge is -2.07. The Morgan fingerprint density at radius 2 is 2.17 bits per heavy atom. The van der Waals surface area contributed by atoms with E-state index >= 15 is 0 Å². The van der Waals surface area contributed by atoms with Crippen molar-refractivity contribution in [2.75, 3.05) is 11.9 Å². The smallest absolute Gasteiger partial charge is 0.337 e. The summed E-state index contributed by atoms with van der Waals surface area (Å²) in [5.74, 6) is -1.11. The summed E-state index contributed by atoms with van der Waals surface area (Å²) >= 11 is 5.77. The van der Waals surface area contributed by atoms with Crippen LogP contribution in [0.2, 0.25) is 5.02 Å². The molecule has 2 amide bonds. The standard InChI is InChI=1S/C12H13ClN2O3/c1-2-3-6-14-12(18)15-8-4-5-9(11(16)17)10(13)7-8/h2,4-5,7H,1,3,6H2,(H,16,17)(H2,14,15,18). The van der Waals surface area contributed by atoms with Crippen molar-refractivity contribution in [2.24, 2.45) is 0 Å². The number of amides is 2. The molecule has 0 spiro atoms. The van der Waals surface area contributed by atoms with Crippen LogP contribution in [0.3, 0.4) is 0 Å². The topological polar surface area (TPSA) is 78.4 Å². The quantitative estimate of drug-likeness (QED) is 0.567. The van der Waals surface area contributed by atoms with Crippen molar-refractivity contribution >= 4 is 29.3 Å². The zero-order chi connectivity index (χ0) is 13.5. The lowest BCUT2D eigenvalue weighted by molar-refractivity contribution is 0.0697. The maximum Gasteiger partial charge on any atom is 0.337 e. The third-order valence-electron chi connectivity index (χ3n) is 2.09. The number of anilines is 1. The molecule has 0 radical (unpaired) electrons. The Morgan fingerprint density at radius 3 is 2.72 bits per heavy atom. The van der Waals surface area contributed by atoms with E-state index in [9.17, 15) is 9.59 Å². The van der Waals surface area contributed by atoms with Gasteiger partial charge < -0.3 is 15.7 Å². The van der Waals surface area contributed by atoms with Crippen LogP contribution in [0.5, 0.6) is 0 Å². The fraction of sp³-hybridized carbons (Fsp3) is 0.167. The number of carboxylic acid groups (broad SMARTS) is 1. The minimum Gasteiger partial charge on any atom is -0.478 e. The molecule has 0 aromatic heterocycles. The fourth-order valence-electron chi connectivity index (χ4n) is 1.23. The largest absolute Gasteiger partial charge is 0.478 e. The van der Waals surface area contributed by atoms with Gasteiger partial charge in [0.2, 0.25) is 0 Å². The van der Waals surface area contributed by atoms with Crippen LogP contribution in [0, 0.1) is 0 Å². The van der Waals surface area contributed by atoms with Crippen LogP contribution in [-0.4, -0.2) is 23.7 Å². The van der Waals surface area contributed by atoms with Crippen molar-refractivity contribution in [3.63, 3.8) is 0 Å². The van der Waals surface area contributed by atoms with Crippen LogP contribution in [0.25, 0.3) is 0 Å². The zero-order valence-corrected chi connectivity index (χ0v) is 10.3. The first-order chi connectivity index (χ1) is 8.54. The van der Waals surface area contributed by atoms with Gasteiger partial charge in [0.15, 0.2) is 0 Å². The summed E-state index contributed by atoms with van der Waals surface area (Å²) in [7, 11) is 0. The maximum absolute atomic E-state index is 11.4. The van der Waals surface area contributed by atoms with Gasteiger partial charge in [-0.2, -0.15) is 0 Å². The number of nitrogens with one attached hydrogen (secondary N) is 2. The Kier molecular flexibility index (Phi) is 5.20. The third kappa shape index (κ3) is 4.10. The van der Waals surface area contributed by atoms with E-state index in [1.807, 2.05) is 0 Å². The van der Waals surface area contributed by atoms with Gasteiger partial charge in [-0.1, -0.05) is 17.7 Å². The predicted octanol–water partition coefficient (Wildman–Crippen LogP) is 2.74. The van der Waals surface area contributed by atoms with Crippen LogP contribution in [0.1, 0.15) is 16.8 Å². The molecule has 5 nitrogen and oxygen atoms in total. The van der Waals surface area contributed by atoms with E-state index in [1.54, 1.807) is 6.08 Å². The number of carbonyl (C=O) groups is 2. The molecule has 1 aromatic rings. The average molecular weight is 269 g/mol. The Morgan fingerprint density at radius 1 is 1.44 bits per heavy atom. The van der Waals surface area contributed by atoms with E-state index in [4.69, 9.17) is 16.7 Å². The number of urea groups is 1. The maximum atomic E-state index is 11.4. The summed E-state index contributed by atoms with van der Waals surface area (Å²) < 4.78 is 0. The van der Waals surface area contributed by atoms with E-state index in [1.165, 1.54) is 18.2 Å². The molecule has 0 heterocycles. The molecule has 0 atom stereocenters.